The Labute approximate surface area is 175 Å². The van der Waals surface area contributed by atoms with Crippen LogP contribution < -0.4 is 5.32 Å². The van der Waals surface area contributed by atoms with E-state index in [1.54, 1.807) is 0 Å². The molecule has 26 heavy (non-hydrogen) atoms. The van der Waals surface area contributed by atoms with Crippen molar-refractivity contribution in [1.29, 1.82) is 0 Å². The van der Waals surface area contributed by atoms with Crippen molar-refractivity contribution in [1.82, 2.24) is 14.5 Å². The molecule has 0 unspecified atom stereocenters. The van der Waals surface area contributed by atoms with Crippen molar-refractivity contribution >= 4 is 59.1 Å². The molecule has 0 aliphatic heterocycles. The second-order valence-electron chi connectivity index (χ2n) is 8.31. The molecular weight excluding hydrogens is 479 g/mol. The predicted octanol–water partition coefficient (Wildman–Crippen LogP) is 5.75. The highest BCUT2D eigenvalue weighted by atomic mass is 127. The number of rotatable bonds is 7. The van der Waals surface area contributed by atoms with Crippen LogP contribution in [-0.2, 0) is 11.5 Å². The highest BCUT2D eigenvalue weighted by Crippen LogP contribution is 2.31. The number of hydrogen-bond donors (Lipinski definition) is 1. The van der Waals surface area contributed by atoms with E-state index in [1.165, 1.54) is 32.1 Å². The van der Waals surface area contributed by atoms with E-state index in [4.69, 9.17) is 16.3 Å². The Kier molecular flexibility index (Phi) is 6.85. The average Bonchev–Trinajstić information content (AvgIpc) is 2.87. The molecule has 0 saturated heterocycles. The third-order valence-corrected chi connectivity index (χ3v) is 7.51. The Morgan fingerprint density at radius 1 is 1.27 bits per heavy atom. The SMILES string of the molecule is C[Si](C)(C)CCOCn1cc(I)c2c(NC3CCCCC3)nc(Cl)nc21. The summed E-state index contributed by atoms with van der Waals surface area (Å²) in [5.74, 6) is 0.858. The van der Waals surface area contributed by atoms with Gasteiger partial charge in [0.2, 0.25) is 5.28 Å². The van der Waals surface area contributed by atoms with Crippen molar-refractivity contribution in [3.05, 3.63) is 15.1 Å². The van der Waals surface area contributed by atoms with Crippen LogP contribution in [0.3, 0.4) is 0 Å². The molecule has 5 nitrogen and oxygen atoms in total. The molecule has 0 spiro atoms. The van der Waals surface area contributed by atoms with Gasteiger partial charge in [-0.15, -0.1) is 0 Å². The Bertz CT molecular complexity index is 756. The zero-order valence-electron chi connectivity index (χ0n) is 15.8. The molecule has 3 rings (SSSR count). The Morgan fingerprint density at radius 2 is 2.00 bits per heavy atom. The lowest BCUT2D eigenvalue weighted by molar-refractivity contribution is 0.0898. The number of halogens is 2. The molecule has 0 bridgehead atoms. The highest BCUT2D eigenvalue weighted by molar-refractivity contribution is 14.1. The number of hydrogen-bond acceptors (Lipinski definition) is 4. The number of aromatic nitrogens is 3. The van der Waals surface area contributed by atoms with Crippen LogP contribution in [0.2, 0.25) is 31.0 Å². The van der Waals surface area contributed by atoms with Crippen LogP contribution in [0.25, 0.3) is 11.0 Å². The van der Waals surface area contributed by atoms with Gasteiger partial charge < -0.3 is 14.6 Å². The van der Waals surface area contributed by atoms with Gasteiger partial charge in [-0.3, -0.25) is 0 Å². The maximum atomic E-state index is 6.23. The van der Waals surface area contributed by atoms with Gasteiger partial charge in [-0.25, -0.2) is 4.98 Å². The fraction of sp³-hybridized carbons (Fsp3) is 0.667. The van der Waals surface area contributed by atoms with Crippen molar-refractivity contribution in [2.45, 2.75) is 70.6 Å². The van der Waals surface area contributed by atoms with Gasteiger partial charge in [0.1, 0.15) is 18.2 Å². The first kappa shape index (κ1) is 20.4. The van der Waals surface area contributed by atoms with Crippen LogP contribution in [0.4, 0.5) is 5.82 Å². The van der Waals surface area contributed by atoms with Gasteiger partial charge in [0.15, 0.2) is 0 Å². The zero-order valence-corrected chi connectivity index (χ0v) is 19.7. The normalized spacial score (nSPS) is 16.3. The van der Waals surface area contributed by atoms with E-state index in [1.807, 2.05) is 4.57 Å². The summed E-state index contributed by atoms with van der Waals surface area (Å²) in [5, 5.41) is 4.95. The van der Waals surface area contributed by atoms with E-state index in [2.05, 4.69) is 63.7 Å². The van der Waals surface area contributed by atoms with E-state index in [-0.39, 0.29) is 5.28 Å². The lowest BCUT2D eigenvalue weighted by atomic mass is 9.95. The smallest absolute Gasteiger partial charge is 0.226 e. The van der Waals surface area contributed by atoms with Crippen molar-refractivity contribution in [2.75, 3.05) is 11.9 Å². The van der Waals surface area contributed by atoms with Crippen molar-refractivity contribution in [2.24, 2.45) is 0 Å². The number of nitrogens with zero attached hydrogens (tertiary/aromatic N) is 3. The number of anilines is 1. The van der Waals surface area contributed by atoms with E-state index < -0.39 is 8.07 Å². The minimum atomic E-state index is -1.08. The lowest BCUT2D eigenvalue weighted by Crippen LogP contribution is -2.23. The van der Waals surface area contributed by atoms with E-state index >= 15 is 0 Å². The maximum absolute atomic E-state index is 6.23. The Hall–Kier alpha value is -0.383. The quantitative estimate of drug-likeness (QED) is 0.225. The number of ether oxygens (including phenoxy) is 1. The van der Waals surface area contributed by atoms with Crippen LogP contribution in [0, 0.1) is 3.57 Å². The van der Waals surface area contributed by atoms with Crippen LogP contribution in [0.5, 0.6) is 0 Å². The molecule has 0 amide bonds. The molecular formula is C18H28ClIN4OSi. The molecule has 1 fully saturated rings. The molecule has 1 N–H and O–H groups in total. The average molecular weight is 507 g/mol. The van der Waals surface area contributed by atoms with E-state index in [0.717, 1.165) is 33.1 Å². The molecule has 1 saturated carbocycles. The Balaban J connectivity index is 1.78. The highest BCUT2D eigenvalue weighted by Gasteiger charge is 2.20. The molecule has 2 aromatic rings. The molecule has 144 valence electrons. The summed E-state index contributed by atoms with van der Waals surface area (Å²) in [6.07, 6.45) is 8.36. The molecule has 1 aliphatic carbocycles. The van der Waals surface area contributed by atoms with Gasteiger partial charge in [0, 0.05) is 30.5 Å². The fourth-order valence-corrected chi connectivity index (χ4v) is 5.05. The first-order valence-electron chi connectivity index (χ1n) is 9.40. The topological polar surface area (TPSA) is 52.0 Å². The molecule has 8 heteroatoms. The predicted molar refractivity (Wildman–Crippen MR) is 120 cm³/mol. The minimum Gasteiger partial charge on any atom is -0.367 e. The second kappa shape index (κ2) is 8.75. The summed E-state index contributed by atoms with van der Waals surface area (Å²) in [6.45, 7) is 8.37. The first-order valence-corrected chi connectivity index (χ1v) is 14.6. The van der Waals surface area contributed by atoms with Crippen molar-refractivity contribution in [3.8, 4) is 0 Å². The molecule has 0 radical (unpaired) electrons. The molecule has 1 aliphatic rings. The Morgan fingerprint density at radius 3 is 2.69 bits per heavy atom. The number of fused-ring (bicyclic) bond motifs is 1. The van der Waals surface area contributed by atoms with Crippen LogP contribution >= 0.6 is 34.2 Å². The van der Waals surface area contributed by atoms with E-state index in [0.29, 0.717) is 12.8 Å². The van der Waals surface area contributed by atoms with Crippen molar-refractivity contribution < 1.29 is 4.74 Å². The third kappa shape index (κ3) is 5.33. The van der Waals surface area contributed by atoms with Gasteiger partial charge in [0.05, 0.1) is 5.39 Å². The summed E-state index contributed by atoms with van der Waals surface area (Å²) >= 11 is 8.58. The van der Waals surface area contributed by atoms with Gasteiger partial charge in [-0.2, -0.15) is 4.98 Å². The minimum absolute atomic E-state index is 0.286. The summed E-state index contributed by atoms with van der Waals surface area (Å²) in [4.78, 5) is 8.97. The van der Waals surface area contributed by atoms with Crippen LogP contribution in [0.1, 0.15) is 32.1 Å². The summed E-state index contributed by atoms with van der Waals surface area (Å²) in [7, 11) is -1.08. The standard InChI is InChI=1S/C18H28ClIN4OSi/c1-26(2,3)10-9-25-12-24-11-14(20)15-16(22-18(19)23-17(15)24)21-13-7-5-4-6-8-13/h11,13H,4-10,12H2,1-3H3,(H,21,22,23). The third-order valence-electron chi connectivity index (χ3n) is 4.82. The first-order chi connectivity index (χ1) is 12.3. The summed E-state index contributed by atoms with van der Waals surface area (Å²) in [5.41, 5.74) is 0.848. The lowest BCUT2D eigenvalue weighted by Gasteiger charge is -2.23. The van der Waals surface area contributed by atoms with Crippen LogP contribution in [0.15, 0.2) is 6.20 Å². The summed E-state index contributed by atoms with van der Waals surface area (Å²) < 4.78 is 9.09. The van der Waals surface area contributed by atoms with Gasteiger partial charge >= 0.3 is 0 Å². The second-order valence-corrected chi connectivity index (χ2v) is 15.4. The van der Waals surface area contributed by atoms with E-state index in [9.17, 15) is 0 Å². The fourth-order valence-electron chi connectivity index (χ4n) is 3.30. The maximum Gasteiger partial charge on any atom is 0.226 e. The van der Waals surface area contributed by atoms with Crippen molar-refractivity contribution in [3.63, 3.8) is 0 Å². The molecule has 0 aromatic carbocycles. The largest absolute Gasteiger partial charge is 0.367 e. The number of nitrogens with one attached hydrogen (secondary N) is 1. The van der Waals surface area contributed by atoms with Crippen LogP contribution in [-0.4, -0.2) is 35.3 Å². The monoisotopic (exact) mass is 506 g/mol. The molecule has 2 aromatic heterocycles. The zero-order chi connectivity index (χ0) is 18.7. The molecule has 0 atom stereocenters. The van der Waals surface area contributed by atoms with Gasteiger partial charge in [-0.05, 0) is 53.1 Å². The summed E-state index contributed by atoms with van der Waals surface area (Å²) in [6, 6.07) is 1.64. The molecule has 2 heterocycles. The van der Waals surface area contributed by atoms with Gasteiger partial charge in [-0.1, -0.05) is 38.9 Å². The van der Waals surface area contributed by atoms with Gasteiger partial charge in [0.25, 0.3) is 0 Å².